The highest BCUT2D eigenvalue weighted by Crippen LogP contribution is 2.24. The molecular weight excluding hydrogens is 336 g/mol. The zero-order valence-electron chi connectivity index (χ0n) is 15.5. The summed E-state index contributed by atoms with van der Waals surface area (Å²) in [5.74, 6) is 1.42. The molecule has 3 rings (SSSR count). The molecule has 3 heterocycles. The number of nitrogens with zero attached hydrogens (tertiary/aromatic N) is 6. The molecule has 1 unspecified atom stereocenters. The highest BCUT2D eigenvalue weighted by molar-refractivity contribution is 5.93. The van der Waals surface area contributed by atoms with E-state index in [-0.39, 0.29) is 11.9 Å². The van der Waals surface area contributed by atoms with E-state index < -0.39 is 0 Å². The van der Waals surface area contributed by atoms with E-state index in [0.29, 0.717) is 29.8 Å². The summed E-state index contributed by atoms with van der Waals surface area (Å²) in [5.41, 5.74) is 0.589. The van der Waals surface area contributed by atoms with Crippen LogP contribution >= 0.6 is 0 Å². The van der Waals surface area contributed by atoms with Gasteiger partial charge in [0.15, 0.2) is 0 Å². The fourth-order valence-electron chi connectivity index (χ4n) is 3.10. The molecule has 1 fully saturated rings. The molecule has 0 saturated carbocycles. The number of amides is 1. The van der Waals surface area contributed by atoms with Gasteiger partial charge < -0.3 is 19.3 Å². The van der Waals surface area contributed by atoms with Gasteiger partial charge in [-0.1, -0.05) is 0 Å². The average molecular weight is 360 g/mol. The van der Waals surface area contributed by atoms with Crippen molar-refractivity contribution < 1.29 is 14.3 Å². The number of methoxy groups -OCH3 is 2. The molecule has 0 bridgehead atoms. The fraction of sp³-hybridized carbons (Fsp3) is 0.529. The molecule has 1 amide bonds. The second-order valence-corrected chi connectivity index (χ2v) is 6.31. The van der Waals surface area contributed by atoms with Crippen molar-refractivity contribution in [1.82, 2.24) is 24.6 Å². The Morgan fingerprint density at radius 2 is 1.96 bits per heavy atom. The van der Waals surface area contributed by atoms with Crippen LogP contribution in [0.1, 0.15) is 23.2 Å². The van der Waals surface area contributed by atoms with Gasteiger partial charge in [-0.15, -0.1) is 0 Å². The number of hydrogen-bond donors (Lipinski definition) is 0. The number of ether oxygens (including phenoxy) is 2. The van der Waals surface area contributed by atoms with E-state index in [4.69, 9.17) is 9.47 Å². The Morgan fingerprint density at radius 1 is 1.27 bits per heavy atom. The van der Waals surface area contributed by atoms with Crippen molar-refractivity contribution in [1.29, 1.82) is 0 Å². The van der Waals surface area contributed by atoms with Crippen LogP contribution < -0.4 is 14.4 Å². The number of likely N-dealkylation sites (N-methyl/N-ethyl adjacent to an activating group) is 1. The van der Waals surface area contributed by atoms with Gasteiger partial charge in [0, 0.05) is 39.4 Å². The van der Waals surface area contributed by atoms with Gasteiger partial charge in [-0.2, -0.15) is 15.1 Å². The Morgan fingerprint density at radius 3 is 2.54 bits per heavy atom. The Bertz CT molecular complexity index is 755. The average Bonchev–Trinajstić information content (AvgIpc) is 3.12. The minimum Gasteiger partial charge on any atom is -0.481 e. The van der Waals surface area contributed by atoms with Crippen LogP contribution in [0, 0.1) is 0 Å². The fourth-order valence-corrected chi connectivity index (χ4v) is 3.10. The lowest BCUT2D eigenvalue weighted by molar-refractivity contribution is 0.0717. The van der Waals surface area contributed by atoms with Gasteiger partial charge in [-0.05, 0) is 12.8 Å². The summed E-state index contributed by atoms with van der Waals surface area (Å²) in [6.45, 7) is 1.47. The molecule has 2 aromatic heterocycles. The molecule has 1 atom stereocenters. The van der Waals surface area contributed by atoms with Gasteiger partial charge in [0.1, 0.15) is 0 Å². The van der Waals surface area contributed by atoms with Crippen molar-refractivity contribution in [3.63, 3.8) is 0 Å². The van der Waals surface area contributed by atoms with Crippen LogP contribution in [0.5, 0.6) is 11.8 Å². The SMILES string of the molecule is COc1cc(OC)nc(N2CCCC(N(C)C(=O)c3cnn(C)c3)C2)n1. The number of hydrogen-bond acceptors (Lipinski definition) is 7. The lowest BCUT2D eigenvalue weighted by Crippen LogP contribution is -2.49. The summed E-state index contributed by atoms with van der Waals surface area (Å²) < 4.78 is 12.1. The quantitative estimate of drug-likeness (QED) is 0.785. The smallest absolute Gasteiger partial charge is 0.257 e. The van der Waals surface area contributed by atoms with Crippen molar-refractivity contribution in [3.05, 3.63) is 24.0 Å². The third-order valence-corrected chi connectivity index (χ3v) is 4.58. The number of carbonyl (C=O) groups is 1. The monoisotopic (exact) mass is 360 g/mol. The molecule has 9 heteroatoms. The van der Waals surface area contributed by atoms with E-state index in [1.165, 1.54) is 0 Å². The topological polar surface area (TPSA) is 85.6 Å². The Kier molecular flexibility index (Phi) is 5.24. The number of piperidine rings is 1. The molecule has 0 aromatic carbocycles. The molecule has 9 nitrogen and oxygen atoms in total. The summed E-state index contributed by atoms with van der Waals surface area (Å²) in [6, 6.07) is 1.71. The summed E-state index contributed by atoms with van der Waals surface area (Å²) in [7, 11) is 6.75. The maximum absolute atomic E-state index is 12.7. The van der Waals surface area contributed by atoms with Crippen LogP contribution in [-0.4, -0.2) is 71.0 Å². The van der Waals surface area contributed by atoms with E-state index in [2.05, 4.69) is 20.0 Å². The Labute approximate surface area is 152 Å². The van der Waals surface area contributed by atoms with Crippen molar-refractivity contribution >= 4 is 11.9 Å². The predicted molar refractivity (Wildman–Crippen MR) is 95.7 cm³/mol. The van der Waals surface area contributed by atoms with Crippen molar-refractivity contribution in [3.8, 4) is 11.8 Å². The lowest BCUT2D eigenvalue weighted by Gasteiger charge is -2.37. The van der Waals surface area contributed by atoms with E-state index >= 15 is 0 Å². The molecule has 1 saturated heterocycles. The van der Waals surface area contributed by atoms with Gasteiger partial charge in [0.2, 0.25) is 17.7 Å². The first-order valence-electron chi connectivity index (χ1n) is 8.49. The number of anilines is 1. The van der Waals surface area contributed by atoms with Crippen LogP contribution in [0.4, 0.5) is 5.95 Å². The molecule has 26 heavy (non-hydrogen) atoms. The van der Waals surface area contributed by atoms with E-state index in [9.17, 15) is 4.79 Å². The standard InChI is InChI=1S/C17H24N6O3/c1-21-10-12(9-18-21)16(24)22(2)13-6-5-7-23(11-13)17-19-14(25-3)8-15(20-17)26-4/h8-10,13H,5-7,11H2,1-4H3. The number of aryl methyl sites for hydroxylation is 1. The van der Waals surface area contributed by atoms with E-state index in [1.807, 2.05) is 7.05 Å². The molecule has 140 valence electrons. The largest absolute Gasteiger partial charge is 0.481 e. The van der Waals surface area contributed by atoms with Gasteiger partial charge in [0.05, 0.1) is 32.0 Å². The lowest BCUT2D eigenvalue weighted by atomic mass is 10.0. The summed E-state index contributed by atoms with van der Waals surface area (Å²) in [5, 5.41) is 4.08. The zero-order valence-corrected chi connectivity index (χ0v) is 15.5. The van der Waals surface area contributed by atoms with Gasteiger partial charge in [0.25, 0.3) is 5.91 Å². The number of rotatable bonds is 5. The molecule has 1 aliphatic heterocycles. The number of carbonyl (C=O) groups excluding carboxylic acids is 1. The molecule has 0 spiro atoms. The van der Waals surface area contributed by atoms with Crippen LogP contribution in [0.25, 0.3) is 0 Å². The van der Waals surface area contributed by atoms with Crippen LogP contribution in [0.2, 0.25) is 0 Å². The normalized spacial score (nSPS) is 17.1. The first-order valence-corrected chi connectivity index (χ1v) is 8.49. The van der Waals surface area contributed by atoms with E-state index in [0.717, 1.165) is 19.4 Å². The minimum atomic E-state index is -0.0332. The highest BCUT2D eigenvalue weighted by atomic mass is 16.5. The molecule has 2 aromatic rings. The van der Waals surface area contributed by atoms with Gasteiger partial charge in [-0.25, -0.2) is 0 Å². The van der Waals surface area contributed by atoms with Crippen molar-refractivity contribution in [2.24, 2.45) is 7.05 Å². The van der Waals surface area contributed by atoms with Crippen LogP contribution in [0.15, 0.2) is 18.5 Å². The van der Waals surface area contributed by atoms with Crippen molar-refractivity contribution in [2.75, 3.05) is 39.3 Å². The third-order valence-electron chi connectivity index (χ3n) is 4.58. The molecule has 1 aliphatic rings. The maximum Gasteiger partial charge on any atom is 0.257 e. The molecular formula is C17H24N6O3. The maximum atomic E-state index is 12.7. The Balaban J connectivity index is 1.75. The van der Waals surface area contributed by atoms with Crippen LogP contribution in [0.3, 0.4) is 0 Å². The first-order chi connectivity index (χ1) is 12.5. The second kappa shape index (κ2) is 7.59. The van der Waals surface area contributed by atoms with E-state index in [1.54, 1.807) is 49.3 Å². The van der Waals surface area contributed by atoms with Crippen LogP contribution in [-0.2, 0) is 7.05 Å². The predicted octanol–water partition coefficient (Wildman–Crippen LogP) is 0.968. The highest BCUT2D eigenvalue weighted by Gasteiger charge is 2.29. The Hall–Kier alpha value is -2.84. The zero-order chi connectivity index (χ0) is 18.7. The third kappa shape index (κ3) is 3.71. The van der Waals surface area contributed by atoms with Gasteiger partial charge >= 0.3 is 0 Å². The van der Waals surface area contributed by atoms with Crippen molar-refractivity contribution in [2.45, 2.75) is 18.9 Å². The summed E-state index contributed by atoms with van der Waals surface area (Å²) in [6.07, 6.45) is 5.20. The second-order valence-electron chi connectivity index (χ2n) is 6.31. The minimum absolute atomic E-state index is 0.0332. The van der Waals surface area contributed by atoms with Gasteiger partial charge in [-0.3, -0.25) is 9.48 Å². The molecule has 0 radical (unpaired) electrons. The number of aromatic nitrogens is 4. The summed E-state index contributed by atoms with van der Waals surface area (Å²) >= 11 is 0. The first kappa shape index (κ1) is 18.0. The summed E-state index contributed by atoms with van der Waals surface area (Å²) in [4.78, 5) is 25.4. The molecule has 0 aliphatic carbocycles. The molecule has 0 N–H and O–H groups in total.